The van der Waals surface area contributed by atoms with Crippen LogP contribution >= 0.6 is 23.4 Å². The van der Waals surface area contributed by atoms with Gasteiger partial charge in [-0.2, -0.15) is 11.8 Å². The minimum absolute atomic E-state index is 0.178. The van der Waals surface area contributed by atoms with Crippen molar-refractivity contribution in [2.75, 3.05) is 17.3 Å². The molecule has 0 aromatic carbocycles. The maximum absolute atomic E-state index is 11.6. The number of rotatable bonds is 5. The van der Waals surface area contributed by atoms with Crippen LogP contribution < -0.4 is 11.1 Å². The fourth-order valence-electron chi connectivity index (χ4n) is 0.976. The van der Waals surface area contributed by atoms with Crippen LogP contribution in [0.4, 0.5) is 5.95 Å². The minimum atomic E-state index is -0.546. The predicted molar refractivity (Wildman–Crippen MR) is 66.6 cm³/mol. The second-order valence-corrected chi connectivity index (χ2v) is 4.45. The van der Waals surface area contributed by atoms with Gasteiger partial charge in [-0.1, -0.05) is 11.6 Å². The van der Waals surface area contributed by atoms with Crippen LogP contribution in [0.25, 0.3) is 0 Å². The van der Waals surface area contributed by atoms with E-state index in [1.165, 1.54) is 12.3 Å². The average molecular weight is 261 g/mol. The first-order valence-corrected chi connectivity index (χ1v) is 6.44. The molecule has 5 nitrogen and oxygen atoms in total. The lowest BCUT2D eigenvalue weighted by molar-refractivity contribution is -0.117. The van der Waals surface area contributed by atoms with E-state index in [9.17, 15) is 4.79 Å². The van der Waals surface area contributed by atoms with Crippen molar-refractivity contribution >= 4 is 35.2 Å². The van der Waals surface area contributed by atoms with Gasteiger partial charge >= 0.3 is 0 Å². The summed E-state index contributed by atoms with van der Waals surface area (Å²) in [5, 5.41) is 2.79. The molecule has 1 rings (SSSR count). The fourth-order valence-corrected chi connectivity index (χ4v) is 1.60. The van der Waals surface area contributed by atoms with E-state index in [0.29, 0.717) is 6.42 Å². The molecule has 88 valence electrons. The Labute approximate surface area is 103 Å². The van der Waals surface area contributed by atoms with Crippen LogP contribution in [-0.2, 0) is 4.79 Å². The summed E-state index contributed by atoms with van der Waals surface area (Å²) in [4.78, 5) is 19.3. The lowest BCUT2D eigenvalue weighted by Gasteiger charge is -2.10. The van der Waals surface area contributed by atoms with Crippen LogP contribution in [0.2, 0.25) is 5.15 Å². The summed E-state index contributed by atoms with van der Waals surface area (Å²) in [5.74, 6) is 0.721. The largest absolute Gasteiger partial charge is 0.320 e. The number of aromatic nitrogens is 2. The zero-order valence-corrected chi connectivity index (χ0v) is 10.4. The van der Waals surface area contributed by atoms with Crippen molar-refractivity contribution in [3.8, 4) is 0 Å². The third-order valence-electron chi connectivity index (χ3n) is 1.83. The zero-order chi connectivity index (χ0) is 12.0. The fraction of sp³-hybridized carbons (Fsp3) is 0.444. The Morgan fingerprint density at radius 3 is 3.12 bits per heavy atom. The van der Waals surface area contributed by atoms with E-state index in [1.54, 1.807) is 11.8 Å². The Morgan fingerprint density at radius 2 is 2.50 bits per heavy atom. The molecule has 16 heavy (non-hydrogen) atoms. The molecule has 0 bridgehead atoms. The van der Waals surface area contributed by atoms with Crippen LogP contribution in [0.15, 0.2) is 12.3 Å². The quantitative estimate of drug-likeness (QED) is 0.777. The van der Waals surface area contributed by atoms with Gasteiger partial charge in [-0.05, 0) is 24.5 Å². The Morgan fingerprint density at radius 1 is 1.75 bits per heavy atom. The molecule has 3 N–H and O–H groups in total. The molecule has 1 aromatic heterocycles. The summed E-state index contributed by atoms with van der Waals surface area (Å²) in [6.07, 6.45) is 4.05. The lowest BCUT2D eigenvalue weighted by Crippen LogP contribution is -2.36. The van der Waals surface area contributed by atoms with E-state index in [4.69, 9.17) is 17.3 Å². The standard InChI is InChI=1S/C9H13ClN4OS/c1-16-5-3-6(11)8(15)14-9-12-4-2-7(10)13-9/h2,4,6H,3,5,11H2,1H3,(H,12,13,14,15)/t6-/m0/s1. The first kappa shape index (κ1) is 13.2. The summed E-state index contributed by atoms with van der Waals surface area (Å²) in [5.41, 5.74) is 5.68. The Hall–Kier alpha value is -0.850. The summed E-state index contributed by atoms with van der Waals surface area (Å²) < 4.78 is 0. The summed E-state index contributed by atoms with van der Waals surface area (Å²) >= 11 is 7.30. The van der Waals surface area contributed by atoms with Crippen molar-refractivity contribution in [2.45, 2.75) is 12.5 Å². The first-order valence-electron chi connectivity index (χ1n) is 4.67. The van der Waals surface area contributed by atoms with Gasteiger partial charge in [0.05, 0.1) is 6.04 Å². The van der Waals surface area contributed by atoms with Crippen LogP contribution in [-0.4, -0.2) is 33.9 Å². The van der Waals surface area contributed by atoms with Gasteiger partial charge in [0.15, 0.2) is 0 Å². The minimum Gasteiger partial charge on any atom is -0.320 e. The van der Waals surface area contributed by atoms with Gasteiger partial charge < -0.3 is 5.73 Å². The maximum Gasteiger partial charge on any atom is 0.243 e. The highest BCUT2D eigenvalue weighted by Gasteiger charge is 2.14. The molecular weight excluding hydrogens is 248 g/mol. The molecule has 1 aromatic rings. The number of nitrogens with zero attached hydrogens (tertiary/aromatic N) is 2. The second kappa shape index (κ2) is 6.67. The van der Waals surface area contributed by atoms with Crippen LogP contribution in [0.3, 0.4) is 0 Å². The van der Waals surface area contributed by atoms with Crippen LogP contribution in [0.5, 0.6) is 0 Å². The topological polar surface area (TPSA) is 80.9 Å². The molecule has 1 heterocycles. The van der Waals surface area contributed by atoms with Gasteiger partial charge in [-0.25, -0.2) is 9.97 Å². The second-order valence-electron chi connectivity index (χ2n) is 3.08. The number of thioether (sulfide) groups is 1. The van der Waals surface area contributed by atoms with E-state index in [2.05, 4.69) is 15.3 Å². The van der Waals surface area contributed by atoms with Crippen molar-refractivity contribution in [1.82, 2.24) is 9.97 Å². The first-order chi connectivity index (χ1) is 7.63. The number of nitrogens with one attached hydrogen (secondary N) is 1. The van der Waals surface area contributed by atoms with E-state index >= 15 is 0 Å². The lowest BCUT2D eigenvalue weighted by atomic mass is 10.2. The molecule has 0 saturated heterocycles. The molecule has 0 fully saturated rings. The number of carbonyl (C=O) groups is 1. The van der Waals surface area contributed by atoms with Crippen molar-refractivity contribution in [2.24, 2.45) is 5.73 Å². The van der Waals surface area contributed by atoms with Gasteiger partial charge in [-0.15, -0.1) is 0 Å². The van der Waals surface area contributed by atoms with Crippen molar-refractivity contribution in [3.05, 3.63) is 17.4 Å². The number of anilines is 1. The normalized spacial score (nSPS) is 12.2. The SMILES string of the molecule is CSCC[C@H](N)C(=O)Nc1nccc(Cl)n1. The smallest absolute Gasteiger partial charge is 0.243 e. The van der Waals surface area contributed by atoms with E-state index < -0.39 is 6.04 Å². The predicted octanol–water partition coefficient (Wildman–Crippen LogP) is 1.15. The van der Waals surface area contributed by atoms with Gasteiger partial charge in [0.25, 0.3) is 0 Å². The van der Waals surface area contributed by atoms with Crippen LogP contribution in [0, 0.1) is 0 Å². The average Bonchev–Trinajstić information content (AvgIpc) is 2.25. The third kappa shape index (κ3) is 4.34. The maximum atomic E-state index is 11.6. The Balaban J connectivity index is 2.50. The molecular formula is C9H13ClN4OS. The van der Waals surface area contributed by atoms with Gasteiger partial charge in [0.1, 0.15) is 5.15 Å². The highest BCUT2D eigenvalue weighted by molar-refractivity contribution is 7.98. The van der Waals surface area contributed by atoms with E-state index in [-0.39, 0.29) is 17.0 Å². The summed E-state index contributed by atoms with van der Waals surface area (Å²) in [7, 11) is 0. The molecule has 0 aliphatic rings. The van der Waals surface area contributed by atoms with Crippen molar-refractivity contribution in [3.63, 3.8) is 0 Å². The number of hydrogen-bond acceptors (Lipinski definition) is 5. The van der Waals surface area contributed by atoms with E-state index in [1.807, 2.05) is 6.26 Å². The molecule has 1 atom stereocenters. The number of amides is 1. The molecule has 7 heteroatoms. The van der Waals surface area contributed by atoms with E-state index in [0.717, 1.165) is 5.75 Å². The van der Waals surface area contributed by atoms with Gasteiger partial charge in [0.2, 0.25) is 11.9 Å². The molecule has 0 aliphatic heterocycles. The Kier molecular flexibility index (Phi) is 5.51. The van der Waals surface area contributed by atoms with Gasteiger partial charge in [-0.3, -0.25) is 10.1 Å². The van der Waals surface area contributed by atoms with Crippen molar-refractivity contribution in [1.29, 1.82) is 0 Å². The molecule has 1 amide bonds. The number of nitrogens with two attached hydrogens (primary N) is 1. The number of carbonyl (C=O) groups excluding carboxylic acids is 1. The molecule has 0 unspecified atom stereocenters. The monoisotopic (exact) mass is 260 g/mol. The Bertz CT molecular complexity index is 363. The molecule has 0 spiro atoms. The summed E-state index contributed by atoms with van der Waals surface area (Å²) in [6, 6.07) is 0.986. The highest BCUT2D eigenvalue weighted by atomic mass is 35.5. The number of halogens is 1. The molecule has 0 saturated carbocycles. The van der Waals surface area contributed by atoms with Crippen LogP contribution in [0.1, 0.15) is 6.42 Å². The third-order valence-corrected chi connectivity index (χ3v) is 2.68. The highest BCUT2D eigenvalue weighted by Crippen LogP contribution is 2.06. The molecule has 0 aliphatic carbocycles. The number of hydrogen-bond donors (Lipinski definition) is 2. The van der Waals surface area contributed by atoms with Gasteiger partial charge in [0, 0.05) is 6.20 Å². The summed E-state index contributed by atoms with van der Waals surface area (Å²) in [6.45, 7) is 0. The van der Waals surface area contributed by atoms with Crippen molar-refractivity contribution < 1.29 is 4.79 Å². The zero-order valence-electron chi connectivity index (χ0n) is 8.81. The molecule has 0 radical (unpaired) electrons.